The van der Waals surface area contributed by atoms with Gasteiger partial charge in [0.15, 0.2) is 12.3 Å². The van der Waals surface area contributed by atoms with Gasteiger partial charge in [0.25, 0.3) is 5.91 Å². The maximum absolute atomic E-state index is 12.8. The van der Waals surface area contributed by atoms with E-state index in [2.05, 4.69) is 15.0 Å². The van der Waals surface area contributed by atoms with Crippen LogP contribution in [0.25, 0.3) is 0 Å². The first kappa shape index (κ1) is 23.9. The van der Waals surface area contributed by atoms with Gasteiger partial charge in [-0.3, -0.25) is 14.6 Å². The zero-order chi connectivity index (χ0) is 24.5. The first-order chi connectivity index (χ1) is 16.1. The number of hydrogen-bond donors (Lipinski definition) is 0. The number of ether oxygens (including phenoxy) is 2. The number of rotatable bonds is 7. The molecular formula is C21H25F3N6O4. The molecule has 3 aliphatic rings. The summed E-state index contributed by atoms with van der Waals surface area (Å²) in [5.74, 6) is 0.557. The molecule has 0 radical (unpaired) electrons. The van der Waals surface area contributed by atoms with Crippen molar-refractivity contribution in [2.24, 2.45) is 10.9 Å². The molecule has 10 nitrogen and oxygen atoms in total. The topological polar surface area (TPSA) is 100 Å². The van der Waals surface area contributed by atoms with Crippen LogP contribution in [0.1, 0.15) is 12.8 Å². The van der Waals surface area contributed by atoms with Crippen LogP contribution >= 0.6 is 0 Å². The van der Waals surface area contributed by atoms with E-state index in [0.29, 0.717) is 43.4 Å². The number of anilines is 2. The highest BCUT2D eigenvalue weighted by atomic mass is 19.4. The molecule has 0 aromatic carbocycles. The lowest BCUT2D eigenvalue weighted by atomic mass is 9.99. The molecule has 2 atom stereocenters. The van der Waals surface area contributed by atoms with E-state index in [1.54, 1.807) is 37.5 Å². The summed E-state index contributed by atoms with van der Waals surface area (Å²) in [6, 6.07) is 0. The molecule has 0 saturated carbocycles. The zero-order valence-corrected chi connectivity index (χ0v) is 18.7. The van der Waals surface area contributed by atoms with Gasteiger partial charge in [-0.05, 0) is 6.08 Å². The maximum atomic E-state index is 12.8. The summed E-state index contributed by atoms with van der Waals surface area (Å²) in [6.07, 6.45) is 0.436. The summed E-state index contributed by atoms with van der Waals surface area (Å²) in [5, 5.41) is 0. The Morgan fingerprint density at radius 3 is 2.53 bits per heavy atom. The molecule has 0 spiro atoms. The van der Waals surface area contributed by atoms with Gasteiger partial charge in [0.1, 0.15) is 12.4 Å². The van der Waals surface area contributed by atoms with E-state index < -0.39 is 25.1 Å². The molecule has 13 heteroatoms. The van der Waals surface area contributed by atoms with Gasteiger partial charge in [-0.25, -0.2) is 9.97 Å². The first-order valence-electron chi connectivity index (χ1n) is 10.8. The summed E-state index contributed by atoms with van der Waals surface area (Å²) >= 11 is 0. The van der Waals surface area contributed by atoms with Crippen LogP contribution in [-0.2, 0) is 19.1 Å². The number of allylic oxidation sites excluding steroid dienone is 1. The summed E-state index contributed by atoms with van der Waals surface area (Å²) in [6.45, 7) is 0.140. The third kappa shape index (κ3) is 5.46. The van der Waals surface area contributed by atoms with Crippen LogP contribution in [0, 0.1) is 5.92 Å². The minimum atomic E-state index is -4.42. The van der Waals surface area contributed by atoms with Crippen LogP contribution < -0.4 is 9.80 Å². The van der Waals surface area contributed by atoms with Crippen molar-refractivity contribution in [3.8, 4) is 0 Å². The number of dihydropyridines is 1. The number of aliphatic imine (C=N–C) groups is 1. The predicted octanol–water partition coefficient (Wildman–Crippen LogP) is 1.39. The highest BCUT2D eigenvalue weighted by molar-refractivity contribution is 5.99. The zero-order valence-electron chi connectivity index (χ0n) is 18.7. The number of carbonyl (C=O) groups excluding carboxylic acids is 2. The van der Waals surface area contributed by atoms with E-state index in [-0.39, 0.29) is 24.2 Å². The van der Waals surface area contributed by atoms with Crippen molar-refractivity contribution in [1.29, 1.82) is 0 Å². The number of amides is 2. The third-order valence-electron chi connectivity index (χ3n) is 5.65. The van der Waals surface area contributed by atoms with Crippen LogP contribution in [0.5, 0.6) is 0 Å². The first-order valence-corrected chi connectivity index (χ1v) is 10.8. The molecule has 3 aliphatic heterocycles. The molecule has 4 heterocycles. The summed E-state index contributed by atoms with van der Waals surface area (Å²) in [4.78, 5) is 42.3. The summed E-state index contributed by atoms with van der Waals surface area (Å²) in [7, 11) is 3.45. The van der Waals surface area contributed by atoms with Gasteiger partial charge in [0.05, 0.1) is 30.2 Å². The van der Waals surface area contributed by atoms with Crippen LogP contribution in [0.3, 0.4) is 0 Å². The van der Waals surface area contributed by atoms with E-state index in [4.69, 9.17) is 9.47 Å². The largest absolute Gasteiger partial charge is 0.479 e. The van der Waals surface area contributed by atoms with Gasteiger partial charge in [0.2, 0.25) is 11.9 Å². The number of nitrogens with zero attached hydrogens (tertiary/aromatic N) is 6. The van der Waals surface area contributed by atoms with Crippen LogP contribution in [-0.4, -0.2) is 91.7 Å². The van der Waals surface area contributed by atoms with Gasteiger partial charge in [-0.15, -0.1) is 0 Å². The van der Waals surface area contributed by atoms with Crippen molar-refractivity contribution in [2.75, 3.05) is 50.1 Å². The predicted molar refractivity (Wildman–Crippen MR) is 115 cm³/mol. The summed E-state index contributed by atoms with van der Waals surface area (Å²) in [5.41, 5.74) is 0.535. The number of aromatic nitrogens is 2. The second kappa shape index (κ2) is 9.57. The number of carbonyl (C=O) groups is 2. The third-order valence-corrected chi connectivity index (χ3v) is 5.65. The lowest BCUT2D eigenvalue weighted by Crippen LogP contribution is -2.54. The van der Waals surface area contributed by atoms with Crippen molar-refractivity contribution >= 4 is 29.7 Å². The molecule has 2 saturated heterocycles. The van der Waals surface area contributed by atoms with Gasteiger partial charge in [0, 0.05) is 46.6 Å². The Kier molecular flexibility index (Phi) is 6.73. The van der Waals surface area contributed by atoms with Crippen molar-refractivity contribution in [3.63, 3.8) is 0 Å². The second-order valence-electron chi connectivity index (χ2n) is 8.46. The fourth-order valence-corrected chi connectivity index (χ4v) is 3.83. The molecular weight excluding hydrogens is 457 g/mol. The minimum absolute atomic E-state index is 0.0690. The van der Waals surface area contributed by atoms with E-state index >= 15 is 0 Å². The monoisotopic (exact) mass is 482 g/mol. The molecule has 0 aliphatic carbocycles. The lowest BCUT2D eigenvalue weighted by Gasteiger charge is -2.39. The van der Waals surface area contributed by atoms with Crippen LogP contribution in [0.2, 0.25) is 0 Å². The second-order valence-corrected chi connectivity index (χ2v) is 8.46. The lowest BCUT2D eigenvalue weighted by molar-refractivity contribution is -0.184. The quantitative estimate of drug-likeness (QED) is 0.579. The molecule has 184 valence electrons. The molecule has 2 amide bonds. The highest BCUT2D eigenvalue weighted by Gasteiger charge is 2.37. The highest BCUT2D eigenvalue weighted by Crippen LogP contribution is 2.27. The molecule has 1 aromatic heterocycles. The molecule has 0 bridgehead atoms. The van der Waals surface area contributed by atoms with E-state index in [0.717, 1.165) is 0 Å². The van der Waals surface area contributed by atoms with Gasteiger partial charge >= 0.3 is 6.18 Å². The smallest absolute Gasteiger partial charge is 0.411 e. The molecule has 1 aromatic rings. The van der Waals surface area contributed by atoms with E-state index in [1.165, 1.54) is 11.1 Å². The van der Waals surface area contributed by atoms with Gasteiger partial charge in [-0.1, -0.05) is 0 Å². The van der Waals surface area contributed by atoms with Gasteiger partial charge < -0.3 is 24.2 Å². The Labute approximate surface area is 194 Å². The minimum Gasteiger partial charge on any atom is -0.479 e. The average molecular weight is 482 g/mol. The van der Waals surface area contributed by atoms with Crippen LogP contribution in [0.4, 0.5) is 24.8 Å². The van der Waals surface area contributed by atoms with Crippen molar-refractivity contribution < 1.29 is 32.2 Å². The fraction of sp³-hybridized carbons (Fsp3) is 0.571. The maximum Gasteiger partial charge on any atom is 0.411 e. The molecule has 0 N–H and O–H groups in total. The Morgan fingerprint density at radius 1 is 1.24 bits per heavy atom. The summed E-state index contributed by atoms with van der Waals surface area (Å²) < 4.78 is 47.1. The fourth-order valence-electron chi connectivity index (χ4n) is 3.83. The average Bonchev–Trinajstić information content (AvgIpc) is 3.12. The van der Waals surface area contributed by atoms with Gasteiger partial charge in [-0.2, -0.15) is 13.2 Å². The SMILES string of the molecule is CN(C)C(=O)C1CN(c2ncc(N3CC[C@@H](OC4=CCC(OCC(F)(F)F)N=C4)C3=O)cn2)C1. The standard InChI is InChI=1S/C21H25F3N6O4/c1-28(2)18(31)13-10-29(11-13)20-26-7-14(8-27-20)30-6-5-16(19(30)32)34-15-3-4-17(25-9-15)33-12-21(22,23)24/h3,7-9,13,16-17H,4-6,10-12H2,1-2H3/t16-,17?/m1/s1. The van der Waals surface area contributed by atoms with E-state index in [1.807, 2.05) is 4.90 Å². The molecule has 4 rings (SSSR count). The number of halogens is 3. The Balaban J connectivity index is 1.27. The molecule has 34 heavy (non-hydrogen) atoms. The van der Waals surface area contributed by atoms with E-state index in [9.17, 15) is 22.8 Å². The Bertz CT molecular complexity index is 976. The normalized spacial score (nSPS) is 23.1. The number of alkyl halides is 3. The van der Waals surface area contributed by atoms with Crippen molar-refractivity contribution in [1.82, 2.24) is 14.9 Å². The Hall–Kier alpha value is -3.22. The molecule has 1 unspecified atom stereocenters. The van der Waals surface area contributed by atoms with Crippen LogP contribution in [0.15, 0.2) is 29.2 Å². The molecule has 2 fully saturated rings. The Morgan fingerprint density at radius 2 is 1.94 bits per heavy atom. The number of hydrogen-bond acceptors (Lipinski definition) is 8. The van der Waals surface area contributed by atoms with Crippen molar-refractivity contribution in [3.05, 3.63) is 24.2 Å². The van der Waals surface area contributed by atoms with Crippen molar-refractivity contribution in [2.45, 2.75) is 31.3 Å².